The zero-order chi connectivity index (χ0) is 21.9. The second-order valence-electron chi connectivity index (χ2n) is 8.41. The van der Waals surface area contributed by atoms with Gasteiger partial charge in [0.1, 0.15) is 11.4 Å². The van der Waals surface area contributed by atoms with E-state index in [0.717, 1.165) is 16.4 Å². The summed E-state index contributed by atoms with van der Waals surface area (Å²) in [5, 5.41) is 5.31. The first-order valence-corrected chi connectivity index (χ1v) is 9.55. The topological polar surface area (TPSA) is 45.5 Å². The quantitative estimate of drug-likeness (QED) is 0.591. The molecule has 0 N–H and O–H groups in total. The lowest BCUT2D eigenvalue weighted by molar-refractivity contribution is -0.274. The van der Waals surface area contributed by atoms with Crippen molar-refractivity contribution in [1.82, 2.24) is 9.78 Å². The zero-order valence-corrected chi connectivity index (χ0v) is 17.4. The Labute approximate surface area is 172 Å². The Morgan fingerprint density at radius 1 is 1.00 bits per heavy atom. The number of hydrogen-bond acceptors (Lipinski definition) is 4. The third kappa shape index (κ3) is 3.67. The van der Waals surface area contributed by atoms with E-state index >= 15 is 0 Å². The summed E-state index contributed by atoms with van der Waals surface area (Å²) in [6, 6.07) is 11.5. The fraction of sp³-hybridized carbons (Fsp3) is 0.381. The zero-order valence-electron chi connectivity index (χ0n) is 17.4. The third-order valence-corrected chi connectivity index (χ3v) is 5.74. The molecule has 2 aromatic carbocycles. The molecule has 4 rings (SSSR count). The van der Waals surface area contributed by atoms with E-state index in [-0.39, 0.29) is 5.75 Å². The molecule has 158 valence electrons. The molecule has 5 nitrogen and oxygen atoms in total. The Kier molecular flexibility index (Phi) is 4.67. The van der Waals surface area contributed by atoms with E-state index in [4.69, 9.17) is 9.31 Å². The van der Waals surface area contributed by atoms with E-state index in [1.54, 1.807) is 17.8 Å². The summed E-state index contributed by atoms with van der Waals surface area (Å²) in [5.74, 6) is -0.291. The van der Waals surface area contributed by atoms with Crippen molar-refractivity contribution in [2.75, 3.05) is 0 Å². The SMILES string of the molecule is Cn1nc(-c2cccc(OC(F)(F)F)c2)c2cc(B3OC(C)(C)C(C)(C)O3)ccc21. The van der Waals surface area contributed by atoms with Crippen molar-refractivity contribution in [3.8, 4) is 17.0 Å². The molecule has 0 bridgehead atoms. The minimum atomic E-state index is -4.76. The van der Waals surface area contributed by atoms with Gasteiger partial charge in [-0.15, -0.1) is 13.2 Å². The minimum Gasteiger partial charge on any atom is -0.406 e. The molecule has 0 spiro atoms. The van der Waals surface area contributed by atoms with Gasteiger partial charge in [0.2, 0.25) is 0 Å². The number of ether oxygens (including phenoxy) is 1. The average Bonchev–Trinajstić information content (AvgIpc) is 3.06. The van der Waals surface area contributed by atoms with Crippen molar-refractivity contribution in [2.24, 2.45) is 7.05 Å². The van der Waals surface area contributed by atoms with Crippen LogP contribution >= 0.6 is 0 Å². The molecule has 1 aliphatic heterocycles. The summed E-state index contributed by atoms with van der Waals surface area (Å²) in [7, 11) is 1.24. The monoisotopic (exact) mass is 418 g/mol. The molecule has 0 saturated carbocycles. The summed E-state index contributed by atoms with van der Waals surface area (Å²) in [5.41, 5.74) is 1.78. The van der Waals surface area contributed by atoms with Crippen LogP contribution in [-0.2, 0) is 16.4 Å². The molecule has 0 radical (unpaired) electrons. The van der Waals surface area contributed by atoms with Crippen LogP contribution in [0.3, 0.4) is 0 Å². The van der Waals surface area contributed by atoms with Gasteiger partial charge in [-0.25, -0.2) is 0 Å². The Morgan fingerprint density at radius 3 is 2.30 bits per heavy atom. The first-order chi connectivity index (χ1) is 13.9. The van der Waals surface area contributed by atoms with Gasteiger partial charge >= 0.3 is 13.5 Å². The van der Waals surface area contributed by atoms with E-state index < -0.39 is 24.7 Å². The molecular formula is C21H22BF3N2O3. The number of rotatable bonds is 3. The summed E-state index contributed by atoms with van der Waals surface area (Å²) in [4.78, 5) is 0. The number of alkyl halides is 3. The summed E-state index contributed by atoms with van der Waals surface area (Å²) >= 11 is 0. The summed E-state index contributed by atoms with van der Waals surface area (Å²) in [6.07, 6.45) is -4.76. The normalized spacial score (nSPS) is 18.2. The van der Waals surface area contributed by atoms with Crippen LogP contribution in [0.15, 0.2) is 42.5 Å². The molecule has 2 heterocycles. The first kappa shape index (κ1) is 20.7. The van der Waals surface area contributed by atoms with E-state index in [2.05, 4.69) is 9.84 Å². The lowest BCUT2D eigenvalue weighted by Crippen LogP contribution is -2.41. The average molecular weight is 418 g/mol. The molecule has 0 atom stereocenters. The molecule has 1 aromatic heterocycles. The number of halogens is 3. The number of nitrogens with zero attached hydrogens (tertiary/aromatic N) is 2. The van der Waals surface area contributed by atoms with Crippen molar-refractivity contribution in [1.29, 1.82) is 0 Å². The van der Waals surface area contributed by atoms with Crippen molar-refractivity contribution >= 4 is 23.5 Å². The van der Waals surface area contributed by atoms with Gasteiger partial charge in [-0.1, -0.05) is 24.3 Å². The van der Waals surface area contributed by atoms with E-state index in [0.29, 0.717) is 11.3 Å². The van der Waals surface area contributed by atoms with Gasteiger partial charge < -0.3 is 14.0 Å². The maximum Gasteiger partial charge on any atom is 0.573 e. The number of aryl methyl sites for hydroxylation is 1. The van der Waals surface area contributed by atoms with Gasteiger partial charge in [-0.2, -0.15) is 5.10 Å². The molecular weight excluding hydrogens is 396 g/mol. The van der Waals surface area contributed by atoms with Crippen LogP contribution in [0.4, 0.5) is 13.2 Å². The number of aromatic nitrogens is 2. The van der Waals surface area contributed by atoms with Gasteiger partial charge in [0.25, 0.3) is 0 Å². The Hall–Kier alpha value is -2.52. The van der Waals surface area contributed by atoms with Gasteiger partial charge in [-0.05, 0) is 51.4 Å². The van der Waals surface area contributed by atoms with Crippen LogP contribution in [0.1, 0.15) is 27.7 Å². The summed E-state index contributed by atoms with van der Waals surface area (Å²) in [6.45, 7) is 7.92. The van der Waals surface area contributed by atoms with Crippen LogP contribution in [-0.4, -0.2) is 34.5 Å². The lowest BCUT2D eigenvalue weighted by atomic mass is 9.78. The predicted octanol–water partition coefficient (Wildman–Crippen LogP) is 4.44. The van der Waals surface area contributed by atoms with Crippen LogP contribution in [0.25, 0.3) is 22.2 Å². The fourth-order valence-corrected chi connectivity index (χ4v) is 3.46. The van der Waals surface area contributed by atoms with Crippen molar-refractivity contribution in [2.45, 2.75) is 45.3 Å². The van der Waals surface area contributed by atoms with Crippen molar-refractivity contribution in [3.63, 3.8) is 0 Å². The largest absolute Gasteiger partial charge is 0.573 e. The fourth-order valence-electron chi connectivity index (χ4n) is 3.46. The van der Waals surface area contributed by atoms with Crippen molar-refractivity contribution in [3.05, 3.63) is 42.5 Å². The highest BCUT2D eigenvalue weighted by Gasteiger charge is 2.51. The second-order valence-corrected chi connectivity index (χ2v) is 8.41. The molecule has 0 amide bonds. The Morgan fingerprint density at radius 2 is 1.67 bits per heavy atom. The second kappa shape index (κ2) is 6.75. The van der Waals surface area contributed by atoms with Gasteiger partial charge in [0.05, 0.1) is 16.7 Å². The van der Waals surface area contributed by atoms with E-state index in [1.165, 1.54) is 18.2 Å². The maximum atomic E-state index is 12.6. The summed E-state index contributed by atoms with van der Waals surface area (Å²) < 4.78 is 55.9. The molecule has 9 heteroatoms. The molecule has 1 saturated heterocycles. The van der Waals surface area contributed by atoms with E-state index in [1.807, 2.05) is 45.9 Å². The molecule has 1 fully saturated rings. The third-order valence-electron chi connectivity index (χ3n) is 5.74. The van der Waals surface area contributed by atoms with Gasteiger partial charge in [0, 0.05) is 18.0 Å². The van der Waals surface area contributed by atoms with Crippen molar-refractivity contribution < 1.29 is 27.2 Å². The Bertz CT molecular complexity index is 1090. The minimum absolute atomic E-state index is 0.291. The highest BCUT2D eigenvalue weighted by molar-refractivity contribution is 6.62. The van der Waals surface area contributed by atoms with E-state index in [9.17, 15) is 13.2 Å². The van der Waals surface area contributed by atoms with Crippen LogP contribution in [0.5, 0.6) is 5.75 Å². The molecule has 0 aliphatic carbocycles. The molecule has 1 aliphatic rings. The predicted molar refractivity (Wildman–Crippen MR) is 109 cm³/mol. The molecule has 30 heavy (non-hydrogen) atoms. The highest BCUT2D eigenvalue weighted by Crippen LogP contribution is 2.37. The van der Waals surface area contributed by atoms with Crippen LogP contribution in [0, 0.1) is 0 Å². The Balaban J connectivity index is 1.76. The standard InChI is InChI=1S/C21H22BF3N2O3/c1-19(2)20(3,4)30-22(29-19)14-9-10-17-16(12-14)18(26-27(17)5)13-7-6-8-15(11-13)28-21(23,24)25/h6-12H,1-5H3. The number of hydrogen-bond donors (Lipinski definition) is 0. The van der Waals surface area contributed by atoms with Gasteiger partial charge in [0.15, 0.2) is 0 Å². The first-order valence-electron chi connectivity index (χ1n) is 9.55. The maximum absolute atomic E-state index is 12.6. The number of benzene rings is 2. The van der Waals surface area contributed by atoms with Crippen LogP contribution < -0.4 is 10.2 Å². The number of fused-ring (bicyclic) bond motifs is 1. The molecule has 0 unspecified atom stereocenters. The smallest absolute Gasteiger partial charge is 0.406 e. The molecule has 3 aromatic rings. The lowest BCUT2D eigenvalue weighted by Gasteiger charge is -2.32. The van der Waals surface area contributed by atoms with Gasteiger partial charge in [-0.3, -0.25) is 4.68 Å². The highest BCUT2D eigenvalue weighted by atomic mass is 19.4. The van der Waals surface area contributed by atoms with Crippen LogP contribution in [0.2, 0.25) is 0 Å².